The molecule has 7 heteroatoms. The van der Waals surface area contributed by atoms with Crippen LogP contribution in [0.15, 0.2) is 24.3 Å². The highest BCUT2D eigenvalue weighted by molar-refractivity contribution is 6.31. The Morgan fingerprint density at radius 2 is 2.14 bits per heavy atom. The maximum atomic E-state index is 13.5. The first kappa shape index (κ1) is 15.5. The van der Waals surface area contributed by atoms with Crippen molar-refractivity contribution >= 4 is 40.9 Å². The SMILES string of the molecule is Cc1nn(C)c(Cl)c1/C=C/C(=O)Nc1cc(Cl)ccc1F. The fraction of sp³-hybridized carbons (Fsp3) is 0.143. The van der Waals surface area contributed by atoms with E-state index in [1.165, 1.54) is 35.0 Å². The molecule has 1 aromatic heterocycles. The molecule has 0 aliphatic rings. The Labute approximate surface area is 131 Å². The molecule has 0 unspecified atom stereocenters. The van der Waals surface area contributed by atoms with Crippen molar-refractivity contribution in [2.75, 3.05) is 5.32 Å². The van der Waals surface area contributed by atoms with Gasteiger partial charge < -0.3 is 5.32 Å². The molecule has 0 saturated heterocycles. The number of hydrogen-bond acceptors (Lipinski definition) is 2. The van der Waals surface area contributed by atoms with Crippen molar-refractivity contribution in [1.82, 2.24) is 9.78 Å². The molecule has 2 rings (SSSR count). The number of rotatable bonds is 3. The number of nitrogens with one attached hydrogen (secondary N) is 1. The third-order valence-electron chi connectivity index (χ3n) is 2.78. The molecule has 2 aromatic rings. The lowest BCUT2D eigenvalue weighted by Gasteiger charge is -2.04. The van der Waals surface area contributed by atoms with Gasteiger partial charge in [0, 0.05) is 23.7 Å². The highest BCUT2D eigenvalue weighted by Crippen LogP contribution is 2.21. The van der Waals surface area contributed by atoms with E-state index in [9.17, 15) is 9.18 Å². The molecule has 4 nitrogen and oxygen atoms in total. The molecule has 1 heterocycles. The van der Waals surface area contributed by atoms with Crippen LogP contribution in [0, 0.1) is 12.7 Å². The van der Waals surface area contributed by atoms with E-state index < -0.39 is 11.7 Å². The zero-order valence-electron chi connectivity index (χ0n) is 11.3. The average Bonchev–Trinajstić information content (AvgIpc) is 2.66. The fourth-order valence-electron chi connectivity index (χ4n) is 1.76. The number of halogens is 3. The van der Waals surface area contributed by atoms with Gasteiger partial charge >= 0.3 is 0 Å². The van der Waals surface area contributed by atoms with Gasteiger partial charge in [0.2, 0.25) is 5.91 Å². The number of aryl methyl sites for hydroxylation is 2. The summed E-state index contributed by atoms with van der Waals surface area (Å²) in [5.74, 6) is -1.05. The van der Waals surface area contributed by atoms with Gasteiger partial charge in [0.25, 0.3) is 0 Å². The summed E-state index contributed by atoms with van der Waals surface area (Å²) in [5.41, 5.74) is 1.35. The summed E-state index contributed by atoms with van der Waals surface area (Å²) in [6, 6.07) is 3.93. The number of aromatic nitrogens is 2. The molecule has 0 fully saturated rings. The number of anilines is 1. The van der Waals surface area contributed by atoms with Crippen LogP contribution in [-0.4, -0.2) is 15.7 Å². The predicted octanol–water partition coefficient (Wildman–Crippen LogP) is 3.83. The first-order valence-corrected chi connectivity index (χ1v) is 6.77. The van der Waals surface area contributed by atoms with E-state index in [1.807, 2.05) is 0 Å². The molecule has 1 amide bonds. The van der Waals surface area contributed by atoms with Gasteiger partial charge in [-0.1, -0.05) is 23.2 Å². The van der Waals surface area contributed by atoms with E-state index >= 15 is 0 Å². The number of nitrogens with zero attached hydrogens (tertiary/aromatic N) is 2. The molecule has 0 aliphatic carbocycles. The molecule has 0 atom stereocenters. The number of hydrogen-bond donors (Lipinski definition) is 1. The summed E-state index contributed by atoms with van der Waals surface area (Å²) in [5, 5.41) is 7.29. The largest absolute Gasteiger partial charge is 0.320 e. The molecule has 0 spiro atoms. The fourth-order valence-corrected chi connectivity index (χ4v) is 2.17. The summed E-state index contributed by atoms with van der Waals surface area (Å²) in [6.45, 7) is 1.78. The highest BCUT2D eigenvalue weighted by atomic mass is 35.5. The van der Waals surface area contributed by atoms with Crippen LogP contribution in [0.5, 0.6) is 0 Å². The van der Waals surface area contributed by atoms with Crippen molar-refractivity contribution in [3.63, 3.8) is 0 Å². The minimum Gasteiger partial charge on any atom is -0.320 e. The Bertz CT molecular complexity index is 725. The maximum Gasteiger partial charge on any atom is 0.248 e. The number of benzene rings is 1. The van der Waals surface area contributed by atoms with Crippen LogP contribution in [0.3, 0.4) is 0 Å². The molecular weight excluding hydrogens is 316 g/mol. The molecule has 0 saturated carbocycles. The van der Waals surface area contributed by atoms with Crippen LogP contribution in [-0.2, 0) is 11.8 Å². The second-order valence-corrected chi connectivity index (χ2v) is 5.15. The van der Waals surface area contributed by atoms with Crippen LogP contribution in [0.4, 0.5) is 10.1 Å². The van der Waals surface area contributed by atoms with Gasteiger partial charge in [0.05, 0.1) is 11.4 Å². The Morgan fingerprint density at radius 3 is 2.76 bits per heavy atom. The summed E-state index contributed by atoms with van der Waals surface area (Å²) >= 11 is 11.8. The van der Waals surface area contributed by atoms with E-state index in [1.54, 1.807) is 14.0 Å². The minimum atomic E-state index is -0.559. The molecule has 0 radical (unpaired) electrons. The van der Waals surface area contributed by atoms with Crippen molar-refractivity contribution < 1.29 is 9.18 Å². The van der Waals surface area contributed by atoms with Crippen LogP contribution >= 0.6 is 23.2 Å². The van der Waals surface area contributed by atoms with Gasteiger partial charge in [-0.25, -0.2) is 4.39 Å². The Kier molecular flexibility index (Phi) is 4.65. The van der Waals surface area contributed by atoms with E-state index in [-0.39, 0.29) is 5.69 Å². The summed E-state index contributed by atoms with van der Waals surface area (Å²) in [4.78, 5) is 11.8. The first-order chi connectivity index (χ1) is 9.88. The normalized spacial score (nSPS) is 11.1. The van der Waals surface area contributed by atoms with Gasteiger partial charge in [-0.15, -0.1) is 0 Å². The van der Waals surface area contributed by atoms with E-state index in [4.69, 9.17) is 23.2 Å². The highest BCUT2D eigenvalue weighted by Gasteiger charge is 2.09. The predicted molar refractivity (Wildman–Crippen MR) is 82.0 cm³/mol. The van der Waals surface area contributed by atoms with Crippen LogP contribution in [0.2, 0.25) is 10.2 Å². The first-order valence-electron chi connectivity index (χ1n) is 6.01. The van der Waals surface area contributed by atoms with Crippen LogP contribution in [0.25, 0.3) is 6.08 Å². The third-order valence-corrected chi connectivity index (χ3v) is 3.47. The van der Waals surface area contributed by atoms with Crippen LogP contribution < -0.4 is 5.32 Å². The van der Waals surface area contributed by atoms with Gasteiger partial charge in [-0.3, -0.25) is 9.48 Å². The molecule has 1 aromatic carbocycles. The van der Waals surface area contributed by atoms with E-state index in [0.29, 0.717) is 21.4 Å². The molecule has 0 bridgehead atoms. The summed E-state index contributed by atoms with van der Waals surface area (Å²) in [7, 11) is 1.70. The zero-order chi connectivity index (χ0) is 15.6. The van der Waals surface area contributed by atoms with Crippen LogP contribution in [0.1, 0.15) is 11.3 Å². The van der Waals surface area contributed by atoms with Gasteiger partial charge in [-0.2, -0.15) is 5.10 Å². The van der Waals surface area contributed by atoms with Crippen molar-refractivity contribution in [2.24, 2.45) is 7.05 Å². The second-order valence-electron chi connectivity index (χ2n) is 4.36. The number of carbonyl (C=O) groups is 1. The molecule has 1 N–H and O–H groups in total. The second kappa shape index (κ2) is 6.28. The van der Waals surface area contributed by atoms with Crippen molar-refractivity contribution in [1.29, 1.82) is 0 Å². The van der Waals surface area contributed by atoms with E-state index in [0.717, 1.165) is 0 Å². The summed E-state index contributed by atoms with van der Waals surface area (Å²) < 4.78 is 15.0. The standard InChI is InChI=1S/C14H12Cl2FN3O/c1-8-10(14(16)20(2)19-8)4-6-13(21)18-12-7-9(15)3-5-11(12)17/h3-7H,1-2H3,(H,18,21)/b6-4+. The topological polar surface area (TPSA) is 46.9 Å². The quantitative estimate of drug-likeness (QED) is 0.871. The zero-order valence-corrected chi connectivity index (χ0v) is 12.8. The van der Waals surface area contributed by atoms with E-state index in [2.05, 4.69) is 10.4 Å². The lowest BCUT2D eigenvalue weighted by molar-refractivity contribution is -0.111. The van der Waals surface area contributed by atoms with Crippen molar-refractivity contribution in [2.45, 2.75) is 6.92 Å². The average molecular weight is 328 g/mol. The number of amides is 1. The van der Waals surface area contributed by atoms with Crippen molar-refractivity contribution in [3.05, 3.63) is 51.5 Å². The Morgan fingerprint density at radius 1 is 1.43 bits per heavy atom. The molecule has 0 aliphatic heterocycles. The smallest absolute Gasteiger partial charge is 0.248 e. The van der Waals surface area contributed by atoms with Gasteiger partial charge in [-0.05, 0) is 31.2 Å². The number of carbonyl (C=O) groups excluding carboxylic acids is 1. The lowest BCUT2D eigenvalue weighted by Crippen LogP contribution is -2.09. The van der Waals surface area contributed by atoms with Gasteiger partial charge in [0.1, 0.15) is 11.0 Å². The maximum absolute atomic E-state index is 13.5. The Balaban J connectivity index is 2.15. The lowest BCUT2D eigenvalue weighted by atomic mass is 10.2. The molecule has 110 valence electrons. The Hall–Kier alpha value is -1.85. The van der Waals surface area contributed by atoms with Gasteiger partial charge in [0.15, 0.2) is 0 Å². The molecular formula is C14H12Cl2FN3O. The molecule has 21 heavy (non-hydrogen) atoms. The van der Waals surface area contributed by atoms with Crippen molar-refractivity contribution in [3.8, 4) is 0 Å². The monoisotopic (exact) mass is 327 g/mol. The summed E-state index contributed by atoms with van der Waals surface area (Å²) in [6.07, 6.45) is 2.79. The third kappa shape index (κ3) is 3.62. The minimum absolute atomic E-state index is 0.0196.